The third-order valence-corrected chi connectivity index (χ3v) is 4.79. The molecule has 1 saturated heterocycles. The number of aromatic nitrogens is 1. The SMILES string of the molecule is C/C=C/c1ccc(OCC(O)CN2CCN(c3ccccn3)CC2)c(OC)c1. The fourth-order valence-electron chi connectivity index (χ4n) is 3.34. The normalized spacial score (nSPS) is 16.3. The van der Waals surface area contributed by atoms with Gasteiger partial charge in [0, 0.05) is 38.9 Å². The smallest absolute Gasteiger partial charge is 0.161 e. The van der Waals surface area contributed by atoms with Crippen LogP contribution in [0.15, 0.2) is 48.7 Å². The number of allylic oxidation sites excluding steroid dienone is 1. The van der Waals surface area contributed by atoms with Gasteiger partial charge in [-0.05, 0) is 36.8 Å². The lowest BCUT2D eigenvalue weighted by molar-refractivity contribution is 0.0653. The molecule has 1 aromatic carbocycles. The molecule has 2 heterocycles. The highest BCUT2D eigenvalue weighted by molar-refractivity contribution is 5.55. The zero-order valence-corrected chi connectivity index (χ0v) is 16.6. The Morgan fingerprint density at radius 1 is 1.14 bits per heavy atom. The van der Waals surface area contributed by atoms with Crippen LogP contribution in [0.2, 0.25) is 0 Å². The number of ether oxygens (including phenoxy) is 2. The average Bonchev–Trinajstić information content (AvgIpc) is 2.74. The van der Waals surface area contributed by atoms with Gasteiger partial charge in [-0.3, -0.25) is 4.90 Å². The van der Waals surface area contributed by atoms with Crippen molar-refractivity contribution in [2.45, 2.75) is 13.0 Å². The Hall–Kier alpha value is -2.57. The molecule has 28 heavy (non-hydrogen) atoms. The second kappa shape index (κ2) is 10.1. The van der Waals surface area contributed by atoms with E-state index in [0.29, 0.717) is 18.0 Å². The summed E-state index contributed by atoms with van der Waals surface area (Å²) in [5.74, 6) is 2.33. The summed E-state index contributed by atoms with van der Waals surface area (Å²) >= 11 is 0. The predicted octanol–water partition coefficient (Wildman–Crippen LogP) is 2.69. The van der Waals surface area contributed by atoms with Crippen LogP contribution in [0.4, 0.5) is 5.82 Å². The molecule has 1 fully saturated rings. The summed E-state index contributed by atoms with van der Waals surface area (Å²) in [4.78, 5) is 8.95. The summed E-state index contributed by atoms with van der Waals surface area (Å²) in [5, 5.41) is 10.4. The minimum absolute atomic E-state index is 0.236. The van der Waals surface area contributed by atoms with Crippen molar-refractivity contribution in [3.63, 3.8) is 0 Å². The van der Waals surface area contributed by atoms with Crippen molar-refractivity contribution >= 4 is 11.9 Å². The first-order valence-electron chi connectivity index (χ1n) is 9.69. The topological polar surface area (TPSA) is 58.1 Å². The Morgan fingerprint density at radius 2 is 1.96 bits per heavy atom. The molecule has 0 aliphatic carbocycles. The van der Waals surface area contributed by atoms with Gasteiger partial charge in [0.25, 0.3) is 0 Å². The van der Waals surface area contributed by atoms with Crippen molar-refractivity contribution in [3.05, 3.63) is 54.2 Å². The summed E-state index contributed by atoms with van der Waals surface area (Å²) < 4.78 is 11.2. The van der Waals surface area contributed by atoms with E-state index in [1.807, 2.05) is 61.7 Å². The molecule has 1 aliphatic heterocycles. The number of pyridine rings is 1. The van der Waals surface area contributed by atoms with Crippen molar-refractivity contribution in [2.24, 2.45) is 0 Å². The first-order chi connectivity index (χ1) is 13.7. The van der Waals surface area contributed by atoms with Gasteiger partial charge in [-0.2, -0.15) is 0 Å². The molecular weight excluding hydrogens is 354 g/mol. The minimum Gasteiger partial charge on any atom is -0.493 e. The molecule has 3 rings (SSSR count). The van der Waals surface area contributed by atoms with Gasteiger partial charge in [0.2, 0.25) is 0 Å². The van der Waals surface area contributed by atoms with Crippen LogP contribution in [-0.2, 0) is 0 Å². The minimum atomic E-state index is -0.554. The number of methoxy groups -OCH3 is 1. The second-order valence-corrected chi connectivity index (χ2v) is 6.85. The van der Waals surface area contributed by atoms with Crippen LogP contribution < -0.4 is 14.4 Å². The van der Waals surface area contributed by atoms with E-state index in [-0.39, 0.29) is 6.61 Å². The van der Waals surface area contributed by atoms with E-state index < -0.39 is 6.10 Å². The lowest BCUT2D eigenvalue weighted by Gasteiger charge is -2.36. The van der Waals surface area contributed by atoms with Crippen LogP contribution in [-0.4, -0.2) is 67.5 Å². The van der Waals surface area contributed by atoms with E-state index in [4.69, 9.17) is 9.47 Å². The van der Waals surface area contributed by atoms with Gasteiger partial charge in [-0.15, -0.1) is 0 Å². The number of rotatable bonds is 8. The largest absolute Gasteiger partial charge is 0.493 e. The van der Waals surface area contributed by atoms with Crippen molar-refractivity contribution in [1.82, 2.24) is 9.88 Å². The molecule has 2 aromatic rings. The Labute approximate surface area is 167 Å². The number of β-amino-alcohol motifs (C(OH)–C–C–N with tert-alkyl or cyclic N) is 1. The van der Waals surface area contributed by atoms with Gasteiger partial charge in [0.1, 0.15) is 18.5 Å². The highest BCUT2D eigenvalue weighted by atomic mass is 16.5. The van der Waals surface area contributed by atoms with Gasteiger partial charge >= 0.3 is 0 Å². The molecule has 1 unspecified atom stereocenters. The first-order valence-corrected chi connectivity index (χ1v) is 9.69. The van der Waals surface area contributed by atoms with Gasteiger partial charge < -0.3 is 19.5 Å². The van der Waals surface area contributed by atoms with Crippen LogP contribution in [0.3, 0.4) is 0 Å². The molecule has 6 nitrogen and oxygen atoms in total. The third-order valence-electron chi connectivity index (χ3n) is 4.79. The maximum Gasteiger partial charge on any atom is 0.161 e. The summed E-state index contributed by atoms with van der Waals surface area (Å²) in [6.07, 6.45) is 5.25. The number of aliphatic hydroxyl groups excluding tert-OH is 1. The molecule has 0 saturated carbocycles. The zero-order chi connectivity index (χ0) is 19.8. The number of piperazine rings is 1. The van der Waals surface area contributed by atoms with Crippen molar-refractivity contribution in [3.8, 4) is 11.5 Å². The van der Waals surface area contributed by atoms with Crippen LogP contribution >= 0.6 is 0 Å². The quantitative estimate of drug-likeness (QED) is 0.756. The van der Waals surface area contributed by atoms with Gasteiger partial charge in [0.05, 0.1) is 7.11 Å². The van der Waals surface area contributed by atoms with Gasteiger partial charge in [-0.1, -0.05) is 24.3 Å². The van der Waals surface area contributed by atoms with Crippen LogP contribution in [0.5, 0.6) is 11.5 Å². The van der Waals surface area contributed by atoms with E-state index in [0.717, 1.165) is 37.6 Å². The Morgan fingerprint density at radius 3 is 2.64 bits per heavy atom. The van der Waals surface area contributed by atoms with Crippen molar-refractivity contribution in [2.75, 3.05) is 51.3 Å². The third kappa shape index (κ3) is 5.47. The lowest BCUT2D eigenvalue weighted by Crippen LogP contribution is -2.49. The summed E-state index contributed by atoms with van der Waals surface area (Å²) in [6, 6.07) is 11.8. The van der Waals surface area contributed by atoms with E-state index in [1.165, 1.54) is 0 Å². The van der Waals surface area contributed by atoms with E-state index in [9.17, 15) is 5.11 Å². The summed E-state index contributed by atoms with van der Waals surface area (Å²) in [5.41, 5.74) is 1.05. The number of benzene rings is 1. The zero-order valence-electron chi connectivity index (χ0n) is 16.6. The predicted molar refractivity (Wildman–Crippen MR) is 112 cm³/mol. The number of aliphatic hydroxyl groups is 1. The summed E-state index contributed by atoms with van der Waals surface area (Å²) in [7, 11) is 1.62. The van der Waals surface area contributed by atoms with Gasteiger partial charge in [0.15, 0.2) is 11.5 Å². The Balaban J connectivity index is 1.46. The van der Waals surface area contributed by atoms with Crippen LogP contribution in [0.1, 0.15) is 12.5 Å². The monoisotopic (exact) mass is 383 g/mol. The van der Waals surface area contributed by atoms with Crippen LogP contribution in [0.25, 0.3) is 6.08 Å². The second-order valence-electron chi connectivity index (χ2n) is 6.85. The molecule has 0 bridgehead atoms. The molecule has 0 amide bonds. The van der Waals surface area contributed by atoms with Crippen molar-refractivity contribution < 1.29 is 14.6 Å². The molecule has 0 radical (unpaired) electrons. The average molecular weight is 383 g/mol. The highest BCUT2D eigenvalue weighted by Crippen LogP contribution is 2.28. The fourth-order valence-corrected chi connectivity index (χ4v) is 3.34. The Bertz CT molecular complexity index is 759. The number of nitrogens with zero attached hydrogens (tertiary/aromatic N) is 3. The number of hydrogen-bond donors (Lipinski definition) is 1. The van der Waals surface area contributed by atoms with Gasteiger partial charge in [-0.25, -0.2) is 4.98 Å². The highest BCUT2D eigenvalue weighted by Gasteiger charge is 2.20. The van der Waals surface area contributed by atoms with E-state index in [2.05, 4.69) is 14.8 Å². The molecular formula is C22H29N3O3. The summed E-state index contributed by atoms with van der Waals surface area (Å²) in [6.45, 7) is 6.41. The number of anilines is 1. The van der Waals surface area contributed by atoms with E-state index >= 15 is 0 Å². The first kappa shape index (κ1) is 20.2. The van der Waals surface area contributed by atoms with Crippen LogP contribution in [0, 0.1) is 0 Å². The molecule has 1 aromatic heterocycles. The molecule has 1 aliphatic rings. The maximum atomic E-state index is 10.4. The molecule has 1 atom stereocenters. The molecule has 6 heteroatoms. The van der Waals surface area contributed by atoms with Crippen molar-refractivity contribution in [1.29, 1.82) is 0 Å². The number of hydrogen-bond acceptors (Lipinski definition) is 6. The fraction of sp³-hybridized carbons (Fsp3) is 0.409. The van der Waals surface area contributed by atoms with E-state index in [1.54, 1.807) is 7.11 Å². The lowest BCUT2D eigenvalue weighted by atomic mass is 10.2. The molecule has 1 N–H and O–H groups in total. The maximum absolute atomic E-state index is 10.4. The standard InChI is InChI=1S/C22H29N3O3/c1-3-6-18-8-9-20(21(15-18)27-2)28-17-19(26)16-24-11-13-25(14-12-24)22-7-4-5-10-23-22/h3-10,15,19,26H,11-14,16-17H2,1-2H3/b6-3+. The molecule has 0 spiro atoms. The molecule has 150 valence electrons. The Kier molecular flexibility index (Phi) is 7.28.